The number of nitrogens with zero attached hydrogens (tertiary/aromatic N) is 2. The number of nitrogens with two attached hydrogens (primary N) is 1. The lowest BCUT2D eigenvalue weighted by Crippen LogP contribution is -2.48. The van der Waals surface area contributed by atoms with Crippen LogP contribution in [0.2, 0.25) is 0 Å². The van der Waals surface area contributed by atoms with Crippen LogP contribution in [0.4, 0.5) is 5.69 Å². The van der Waals surface area contributed by atoms with E-state index in [0.717, 1.165) is 36.7 Å². The van der Waals surface area contributed by atoms with Crippen LogP contribution in [0.25, 0.3) is 11.0 Å². The van der Waals surface area contributed by atoms with E-state index in [-0.39, 0.29) is 18.3 Å². The third-order valence-corrected chi connectivity index (χ3v) is 3.52. The van der Waals surface area contributed by atoms with Gasteiger partial charge in [0.05, 0.1) is 5.54 Å². The van der Waals surface area contributed by atoms with Gasteiger partial charge in [0.15, 0.2) is 0 Å². The molecule has 3 rings (SSSR count). The van der Waals surface area contributed by atoms with E-state index in [9.17, 15) is 4.79 Å². The zero-order valence-electron chi connectivity index (χ0n) is 10.3. The standard InChI is InChI=1S/C12H15N5O.ClH/c13-12(5-1-2-6-12)11(18)14-8-3-4-9-10(7-8)16-17-15-9;/h3-4,7H,1-2,5-6,13H2,(H,14,18)(H,15,16,17);1H. The molecule has 19 heavy (non-hydrogen) atoms. The zero-order valence-corrected chi connectivity index (χ0v) is 11.2. The maximum Gasteiger partial charge on any atom is 0.244 e. The van der Waals surface area contributed by atoms with Crippen LogP contribution >= 0.6 is 12.4 Å². The number of amides is 1. The molecule has 1 saturated carbocycles. The third-order valence-electron chi connectivity index (χ3n) is 3.52. The van der Waals surface area contributed by atoms with Gasteiger partial charge in [-0.1, -0.05) is 12.8 Å². The number of rotatable bonds is 2. The second-order valence-corrected chi connectivity index (χ2v) is 4.84. The van der Waals surface area contributed by atoms with Crippen LogP contribution < -0.4 is 11.1 Å². The van der Waals surface area contributed by atoms with Crippen molar-refractivity contribution in [1.29, 1.82) is 0 Å². The van der Waals surface area contributed by atoms with Crippen LogP contribution in [-0.2, 0) is 4.79 Å². The number of hydrogen-bond acceptors (Lipinski definition) is 4. The highest BCUT2D eigenvalue weighted by Gasteiger charge is 2.36. The van der Waals surface area contributed by atoms with Crippen LogP contribution in [0.5, 0.6) is 0 Å². The fourth-order valence-corrected chi connectivity index (χ4v) is 2.41. The minimum atomic E-state index is -0.710. The number of hydrogen-bond donors (Lipinski definition) is 3. The lowest BCUT2D eigenvalue weighted by molar-refractivity contribution is -0.121. The first-order chi connectivity index (χ1) is 8.67. The molecule has 0 spiro atoms. The van der Waals surface area contributed by atoms with Crippen LogP contribution in [0, 0.1) is 0 Å². The molecule has 1 heterocycles. The highest BCUT2D eigenvalue weighted by atomic mass is 35.5. The Morgan fingerprint density at radius 3 is 2.68 bits per heavy atom. The number of aromatic amines is 1. The summed E-state index contributed by atoms with van der Waals surface area (Å²) >= 11 is 0. The van der Waals surface area contributed by atoms with Gasteiger partial charge in [-0.05, 0) is 31.0 Å². The van der Waals surface area contributed by atoms with Crippen molar-refractivity contribution in [3.8, 4) is 0 Å². The van der Waals surface area contributed by atoms with Crippen molar-refractivity contribution < 1.29 is 4.79 Å². The summed E-state index contributed by atoms with van der Waals surface area (Å²) in [4.78, 5) is 12.1. The Hall–Kier alpha value is -1.66. The molecule has 0 unspecified atom stereocenters. The minimum Gasteiger partial charge on any atom is -0.324 e. The number of aromatic nitrogens is 3. The molecule has 4 N–H and O–H groups in total. The summed E-state index contributed by atoms with van der Waals surface area (Å²) in [6, 6.07) is 5.41. The van der Waals surface area contributed by atoms with Gasteiger partial charge in [-0.2, -0.15) is 15.4 Å². The summed E-state index contributed by atoms with van der Waals surface area (Å²) in [5.41, 5.74) is 7.60. The van der Waals surface area contributed by atoms with Gasteiger partial charge in [0.25, 0.3) is 0 Å². The lowest BCUT2D eigenvalue weighted by atomic mass is 9.98. The molecule has 1 aliphatic carbocycles. The van der Waals surface area contributed by atoms with Crippen molar-refractivity contribution in [1.82, 2.24) is 15.4 Å². The van der Waals surface area contributed by atoms with Gasteiger partial charge >= 0.3 is 0 Å². The van der Waals surface area contributed by atoms with Gasteiger partial charge < -0.3 is 11.1 Å². The molecule has 1 aliphatic rings. The minimum absolute atomic E-state index is 0. The second-order valence-electron chi connectivity index (χ2n) is 4.84. The van der Waals surface area contributed by atoms with Crippen LogP contribution in [0.1, 0.15) is 25.7 Å². The van der Waals surface area contributed by atoms with Crippen molar-refractivity contribution in [2.75, 3.05) is 5.32 Å². The molecular formula is C12H16ClN5O. The Morgan fingerprint density at radius 2 is 1.95 bits per heavy atom. The maximum atomic E-state index is 12.1. The largest absolute Gasteiger partial charge is 0.324 e. The van der Waals surface area contributed by atoms with Crippen LogP contribution in [0.15, 0.2) is 18.2 Å². The van der Waals surface area contributed by atoms with Crippen molar-refractivity contribution >= 4 is 35.0 Å². The molecule has 1 amide bonds. The summed E-state index contributed by atoms with van der Waals surface area (Å²) in [6.45, 7) is 0. The molecule has 1 aromatic heterocycles. The third kappa shape index (κ3) is 2.54. The first-order valence-corrected chi connectivity index (χ1v) is 6.08. The highest BCUT2D eigenvalue weighted by molar-refractivity contribution is 5.99. The summed E-state index contributed by atoms with van der Waals surface area (Å²) in [5, 5.41) is 13.3. The van der Waals surface area contributed by atoms with Gasteiger partial charge in [-0.3, -0.25) is 4.79 Å². The number of halogens is 1. The number of nitrogens with one attached hydrogen (secondary N) is 2. The summed E-state index contributed by atoms with van der Waals surface area (Å²) in [5.74, 6) is -0.108. The Kier molecular flexibility index (Phi) is 3.73. The monoisotopic (exact) mass is 281 g/mol. The Balaban J connectivity index is 0.00000133. The predicted octanol–water partition coefficient (Wildman–Crippen LogP) is 1.59. The van der Waals surface area contributed by atoms with Crippen LogP contribution in [-0.4, -0.2) is 26.9 Å². The fourth-order valence-electron chi connectivity index (χ4n) is 2.41. The van der Waals surface area contributed by atoms with Gasteiger partial charge in [-0.25, -0.2) is 0 Å². The van der Waals surface area contributed by atoms with Crippen molar-refractivity contribution in [3.05, 3.63) is 18.2 Å². The smallest absolute Gasteiger partial charge is 0.244 e. The average molecular weight is 282 g/mol. The molecule has 0 atom stereocenters. The van der Waals surface area contributed by atoms with E-state index in [1.165, 1.54) is 0 Å². The van der Waals surface area contributed by atoms with Crippen LogP contribution in [0.3, 0.4) is 0 Å². The summed E-state index contributed by atoms with van der Waals surface area (Å²) in [6.07, 6.45) is 3.55. The molecule has 6 nitrogen and oxygen atoms in total. The molecule has 7 heteroatoms. The van der Waals surface area contributed by atoms with Gasteiger partial charge in [-0.15, -0.1) is 12.4 Å². The molecule has 1 fully saturated rings. The topological polar surface area (TPSA) is 96.7 Å². The van der Waals surface area contributed by atoms with E-state index < -0.39 is 5.54 Å². The second kappa shape index (κ2) is 5.14. The van der Waals surface area contributed by atoms with Crippen molar-refractivity contribution in [3.63, 3.8) is 0 Å². The first-order valence-electron chi connectivity index (χ1n) is 6.08. The Morgan fingerprint density at radius 1 is 1.26 bits per heavy atom. The van der Waals surface area contributed by atoms with Crippen molar-refractivity contribution in [2.45, 2.75) is 31.2 Å². The number of carbonyl (C=O) groups excluding carboxylic acids is 1. The Labute approximate surface area is 116 Å². The predicted molar refractivity (Wildman–Crippen MR) is 75.2 cm³/mol. The fraction of sp³-hybridized carbons (Fsp3) is 0.417. The summed E-state index contributed by atoms with van der Waals surface area (Å²) < 4.78 is 0. The van der Waals surface area contributed by atoms with Gasteiger partial charge in [0.1, 0.15) is 11.0 Å². The van der Waals surface area contributed by atoms with E-state index in [0.29, 0.717) is 5.69 Å². The number of anilines is 1. The van der Waals surface area contributed by atoms with Gasteiger partial charge in [0, 0.05) is 5.69 Å². The quantitative estimate of drug-likeness (QED) is 0.779. The van der Waals surface area contributed by atoms with E-state index in [1.54, 1.807) is 12.1 Å². The Bertz CT molecular complexity index is 591. The molecule has 0 radical (unpaired) electrons. The molecule has 0 aliphatic heterocycles. The average Bonchev–Trinajstić information content (AvgIpc) is 2.98. The zero-order chi connectivity index (χ0) is 12.6. The number of H-pyrrole nitrogens is 1. The SMILES string of the molecule is Cl.NC1(C(=O)Nc2ccc3n[nH]nc3c2)CCCC1. The first kappa shape index (κ1) is 13.8. The number of fused-ring (bicyclic) bond motifs is 1. The normalized spacial score (nSPS) is 17.1. The lowest BCUT2D eigenvalue weighted by Gasteiger charge is -2.22. The van der Waals surface area contributed by atoms with Crippen molar-refractivity contribution in [2.24, 2.45) is 5.73 Å². The summed E-state index contributed by atoms with van der Waals surface area (Å²) in [7, 11) is 0. The highest BCUT2D eigenvalue weighted by Crippen LogP contribution is 2.28. The van der Waals surface area contributed by atoms with E-state index in [4.69, 9.17) is 5.73 Å². The molecular weight excluding hydrogens is 266 g/mol. The maximum absolute atomic E-state index is 12.1. The number of carbonyl (C=O) groups is 1. The molecule has 2 aromatic rings. The van der Waals surface area contributed by atoms with E-state index in [1.807, 2.05) is 6.07 Å². The van der Waals surface area contributed by atoms with E-state index in [2.05, 4.69) is 20.7 Å². The molecule has 0 bridgehead atoms. The van der Waals surface area contributed by atoms with Gasteiger partial charge in [0.2, 0.25) is 5.91 Å². The molecule has 102 valence electrons. The number of benzene rings is 1. The molecule has 1 aromatic carbocycles. The molecule has 0 saturated heterocycles. The van der Waals surface area contributed by atoms with E-state index >= 15 is 0 Å².